The Balaban J connectivity index is 2.91. The van der Waals surface area contributed by atoms with Gasteiger partial charge >= 0.3 is 5.97 Å². The fourth-order valence-electron chi connectivity index (χ4n) is 0.968. The third kappa shape index (κ3) is 3.01. The molecular weight excluding hydrogens is 254 g/mol. The number of thiophene rings is 1. The van der Waals surface area contributed by atoms with Crippen molar-refractivity contribution in [1.82, 2.24) is 4.72 Å². The van der Waals surface area contributed by atoms with Crippen molar-refractivity contribution in [3.8, 4) is 0 Å². The van der Waals surface area contributed by atoms with Crippen molar-refractivity contribution in [2.75, 3.05) is 6.61 Å². The van der Waals surface area contributed by atoms with Crippen LogP contribution >= 0.6 is 11.3 Å². The van der Waals surface area contributed by atoms with Gasteiger partial charge in [-0.2, -0.15) is 4.72 Å². The largest absolute Gasteiger partial charge is 0.480 e. The molecule has 0 spiro atoms. The number of rotatable bonds is 5. The third-order valence-corrected chi connectivity index (χ3v) is 4.72. The van der Waals surface area contributed by atoms with Crippen LogP contribution in [0, 0.1) is 6.92 Å². The van der Waals surface area contributed by atoms with Crippen LogP contribution in [0.2, 0.25) is 0 Å². The number of aryl methyl sites for hydroxylation is 1. The van der Waals surface area contributed by atoms with Gasteiger partial charge in [-0.15, -0.1) is 11.3 Å². The monoisotopic (exact) mass is 265 g/mol. The molecule has 6 nitrogen and oxygen atoms in total. The Hall–Kier alpha value is -0.960. The predicted octanol–water partition coefficient (Wildman–Crippen LogP) is -0.220. The number of hydrogen-bond donors (Lipinski definition) is 3. The van der Waals surface area contributed by atoms with E-state index in [1.165, 1.54) is 6.07 Å². The van der Waals surface area contributed by atoms with Crippen LogP contribution in [0.25, 0.3) is 0 Å². The molecule has 0 fully saturated rings. The van der Waals surface area contributed by atoms with E-state index in [0.29, 0.717) is 0 Å². The van der Waals surface area contributed by atoms with Gasteiger partial charge in [-0.25, -0.2) is 8.42 Å². The summed E-state index contributed by atoms with van der Waals surface area (Å²) in [5.41, 5.74) is 0. The lowest BCUT2D eigenvalue weighted by Gasteiger charge is -2.10. The summed E-state index contributed by atoms with van der Waals surface area (Å²) in [6.07, 6.45) is 0. The second-order valence-corrected chi connectivity index (χ2v) is 6.29. The van der Waals surface area contributed by atoms with E-state index in [4.69, 9.17) is 10.2 Å². The fourth-order valence-corrected chi connectivity index (χ4v) is 3.45. The maximum absolute atomic E-state index is 11.6. The zero-order chi connectivity index (χ0) is 12.3. The van der Waals surface area contributed by atoms with E-state index in [0.717, 1.165) is 16.2 Å². The molecule has 16 heavy (non-hydrogen) atoms. The van der Waals surface area contributed by atoms with Gasteiger partial charge in [-0.3, -0.25) is 4.79 Å². The summed E-state index contributed by atoms with van der Waals surface area (Å²) >= 11 is 1.03. The summed E-state index contributed by atoms with van der Waals surface area (Å²) in [5, 5.41) is 17.3. The molecule has 1 rings (SSSR count). The molecule has 0 amide bonds. The van der Waals surface area contributed by atoms with Gasteiger partial charge in [0.15, 0.2) is 0 Å². The van der Waals surface area contributed by atoms with Crippen LogP contribution in [-0.4, -0.2) is 37.2 Å². The van der Waals surface area contributed by atoms with Crippen molar-refractivity contribution in [1.29, 1.82) is 0 Å². The molecular formula is C8H11NO5S2. The minimum absolute atomic E-state index is 0.0321. The van der Waals surface area contributed by atoms with Crippen molar-refractivity contribution in [2.24, 2.45) is 0 Å². The lowest BCUT2D eigenvalue weighted by Crippen LogP contribution is -2.42. The molecule has 0 aromatic carbocycles. The zero-order valence-corrected chi connectivity index (χ0v) is 10.0. The summed E-state index contributed by atoms with van der Waals surface area (Å²) in [6.45, 7) is 0.948. The first-order valence-corrected chi connectivity index (χ1v) is 6.59. The number of hydrogen-bond acceptors (Lipinski definition) is 5. The predicted molar refractivity (Wildman–Crippen MR) is 57.9 cm³/mol. The number of aliphatic hydroxyl groups is 1. The Morgan fingerprint density at radius 3 is 2.56 bits per heavy atom. The van der Waals surface area contributed by atoms with Crippen LogP contribution in [0.3, 0.4) is 0 Å². The molecule has 8 heteroatoms. The lowest BCUT2D eigenvalue weighted by molar-refractivity contribution is -0.139. The van der Waals surface area contributed by atoms with E-state index in [2.05, 4.69) is 0 Å². The van der Waals surface area contributed by atoms with Gasteiger partial charge in [0.25, 0.3) is 10.0 Å². The Kier molecular flexibility index (Phi) is 4.03. The number of sulfonamides is 1. The van der Waals surface area contributed by atoms with Gasteiger partial charge in [0.05, 0.1) is 6.61 Å². The topological polar surface area (TPSA) is 104 Å². The maximum Gasteiger partial charge on any atom is 0.324 e. The van der Waals surface area contributed by atoms with Gasteiger partial charge in [0, 0.05) is 4.88 Å². The molecule has 1 aromatic heterocycles. The molecule has 1 unspecified atom stereocenters. The molecule has 0 saturated heterocycles. The molecule has 0 bridgehead atoms. The van der Waals surface area contributed by atoms with Crippen LogP contribution in [0.4, 0.5) is 0 Å². The average molecular weight is 265 g/mol. The van der Waals surface area contributed by atoms with Crippen molar-refractivity contribution in [3.63, 3.8) is 0 Å². The van der Waals surface area contributed by atoms with Gasteiger partial charge < -0.3 is 10.2 Å². The minimum atomic E-state index is -3.87. The van der Waals surface area contributed by atoms with Crippen molar-refractivity contribution < 1.29 is 23.4 Å². The molecule has 0 aliphatic rings. The molecule has 90 valence electrons. The second kappa shape index (κ2) is 4.91. The number of carboxylic acids is 1. The number of carboxylic acid groups (broad SMARTS) is 1. The molecule has 0 aliphatic heterocycles. The van der Waals surface area contributed by atoms with E-state index in [9.17, 15) is 13.2 Å². The minimum Gasteiger partial charge on any atom is -0.480 e. The van der Waals surface area contributed by atoms with Crippen molar-refractivity contribution >= 4 is 27.3 Å². The fraction of sp³-hybridized carbons (Fsp3) is 0.375. The summed E-state index contributed by atoms with van der Waals surface area (Å²) in [7, 11) is -3.87. The highest BCUT2D eigenvalue weighted by atomic mass is 32.2. The number of carbonyl (C=O) groups is 1. The molecule has 1 atom stereocenters. The SMILES string of the molecule is Cc1ccc(S(=O)(=O)NC(CO)C(=O)O)s1. The van der Waals surface area contributed by atoms with Crippen LogP contribution in [0.5, 0.6) is 0 Å². The maximum atomic E-state index is 11.6. The van der Waals surface area contributed by atoms with Crippen molar-refractivity contribution in [3.05, 3.63) is 17.0 Å². The quantitative estimate of drug-likeness (QED) is 0.683. The lowest BCUT2D eigenvalue weighted by atomic mass is 10.3. The van der Waals surface area contributed by atoms with E-state index >= 15 is 0 Å². The molecule has 0 aliphatic carbocycles. The van der Waals surface area contributed by atoms with Crippen LogP contribution in [0.15, 0.2) is 16.3 Å². The summed E-state index contributed by atoms with van der Waals surface area (Å²) in [6, 6.07) is 1.49. The Bertz CT molecular complexity index is 478. The van der Waals surface area contributed by atoms with Crippen LogP contribution in [0.1, 0.15) is 4.88 Å². The van der Waals surface area contributed by atoms with Crippen molar-refractivity contribution in [2.45, 2.75) is 17.2 Å². The first-order valence-electron chi connectivity index (χ1n) is 4.29. The summed E-state index contributed by atoms with van der Waals surface area (Å²) < 4.78 is 25.2. The Labute approximate surface area is 96.6 Å². The van der Waals surface area contributed by atoms with Crippen LogP contribution < -0.4 is 4.72 Å². The summed E-state index contributed by atoms with van der Waals surface area (Å²) in [5.74, 6) is -1.42. The average Bonchev–Trinajstić information content (AvgIpc) is 2.61. The van der Waals surface area contributed by atoms with E-state index in [-0.39, 0.29) is 4.21 Å². The second-order valence-electron chi connectivity index (χ2n) is 3.06. The van der Waals surface area contributed by atoms with Gasteiger partial charge in [0.1, 0.15) is 10.3 Å². The molecule has 3 N–H and O–H groups in total. The zero-order valence-electron chi connectivity index (χ0n) is 8.37. The first-order chi connectivity index (χ1) is 7.36. The van der Waals surface area contributed by atoms with Gasteiger partial charge in [-0.05, 0) is 19.1 Å². The first kappa shape index (κ1) is 13.1. The normalized spacial score (nSPS) is 13.6. The Morgan fingerprint density at radius 2 is 2.19 bits per heavy atom. The number of nitrogens with one attached hydrogen (secondary N) is 1. The standard InChI is InChI=1S/C8H11NO5S2/c1-5-2-3-7(15-5)16(13,14)9-6(4-10)8(11)12/h2-3,6,9-10H,4H2,1H3,(H,11,12). The highest BCUT2D eigenvalue weighted by Gasteiger charge is 2.25. The van der Waals surface area contributed by atoms with Gasteiger partial charge in [-0.1, -0.05) is 0 Å². The number of aliphatic carboxylic acids is 1. The van der Waals surface area contributed by atoms with Crippen LogP contribution in [-0.2, 0) is 14.8 Å². The van der Waals surface area contributed by atoms with Gasteiger partial charge in [0.2, 0.25) is 0 Å². The third-order valence-electron chi connectivity index (χ3n) is 1.76. The van der Waals surface area contributed by atoms with E-state index < -0.39 is 28.6 Å². The summed E-state index contributed by atoms with van der Waals surface area (Å²) in [4.78, 5) is 11.4. The van der Waals surface area contributed by atoms with E-state index in [1.807, 2.05) is 4.72 Å². The smallest absolute Gasteiger partial charge is 0.324 e. The van der Waals surface area contributed by atoms with E-state index in [1.54, 1.807) is 13.0 Å². The molecule has 0 radical (unpaired) electrons. The molecule has 1 aromatic rings. The molecule has 1 heterocycles. The highest BCUT2D eigenvalue weighted by Crippen LogP contribution is 2.20. The Morgan fingerprint density at radius 1 is 1.56 bits per heavy atom. The highest BCUT2D eigenvalue weighted by molar-refractivity contribution is 7.91. The number of aliphatic hydroxyl groups excluding tert-OH is 1. The molecule has 0 saturated carbocycles.